The molecule has 6 heteroatoms. The van der Waals surface area contributed by atoms with Gasteiger partial charge in [-0.15, -0.1) is 0 Å². The summed E-state index contributed by atoms with van der Waals surface area (Å²) >= 11 is 0. The maximum Gasteiger partial charge on any atom is 0.153 e. The molecule has 1 fully saturated rings. The summed E-state index contributed by atoms with van der Waals surface area (Å²) in [6.07, 6.45) is 7.89. The van der Waals surface area contributed by atoms with Crippen LogP contribution in [0.3, 0.4) is 0 Å². The Balaban J connectivity index is 1.56. The summed E-state index contributed by atoms with van der Waals surface area (Å²) in [5.41, 5.74) is 3.57. The molecule has 150 valence electrons. The summed E-state index contributed by atoms with van der Waals surface area (Å²) in [6.45, 7) is 5.80. The van der Waals surface area contributed by atoms with Gasteiger partial charge in [0.25, 0.3) is 0 Å². The minimum Gasteiger partial charge on any atom is -0.353 e. The molecule has 0 radical (unpaired) electrons. The lowest BCUT2D eigenvalue weighted by Gasteiger charge is -2.47. The van der Waals surface area contributed by atoms with Crippen molar-refractivity contribution < 1.29 is 4.79 Å². The van der Waals surface area contributed by atoms with Crippen LogP contribution in [0, 0.1) is 6.92 Å². The van der Waals surface area contributed by atoms with E-state index in [0.717, 1.165) is 60.4 Å². The lowest BCUT2D eigenvalue weighted by Crippen LogP contribution is -2.59. The van der Waals surface area contributed by atoms with E-state index in [1.165, 1.54) is 0 Å². The van der Waals surface area contributed by atoms with Gasteiger partial charge < -0.3 is 4.90 Å². The Hall–Kier alpha value is -2.99. The average Bonchev–Trinajstić information content (AvgIpc) is 3.28. The second-order valence-corrected chi connectivity index (χ2v) is 7.85. The SMILES string of the molecule is Cc1ccc(N2CCCCC2(C)NCc2cccc(-n3cccn3)n2)c(C=O)c1. The van der Waals surface area contributed by atoms with Crippen LogP contribution < -0.4 is 10.2 Å². The first-order valence-electron chi connectivity index (χ1n) is 10.1. The number of nitrogens with one attached hydrogen (secondary N) is 1. The minimum atomic E-state index is -0.241. The van der Waals surface area contributed by atoms with E-state index in [9.17, 15) is 4.79 Å². The average molecular weight is 390 g/mol. The molecule has 3 aromatic rings. The van der Waals surface area contributed by atoms with Crippen LogP contribution in [0.2, 0.25) is 0 Å². The summed E-state index contributed by atoms with van der Waals surface area (Å²) in [6, 6.07) is 14.0. The molecule has 2 aromatic heterocycles. The number of carbonyl (C=O) groups excluding carboxylic acids is 1. The molecule has 0 amide bonds. The van der Waals surface area contributed by atoms with Gasteiger partial charge in [0.2, 0.25) is 0 Å². The maximum absolute atomic E-state index is 11.7. The number of benzene rings is 1. The Bertz CT molecular complexity index is 985. The van der Waals surface area contributed by atoms with E-state index in [-0.39, 0.29) is 5.66 Å². The van der Waals surface area contributed by atoms with Gasteiger partial charge in [-0.2, -0.15) is 5.10 Å². The molecular formula is C23H27N5O. The van der Waals surface area contributed by atoms with Crippen LogP contribution >= 0.6 is 0 Å². The Morgan fingerprint density at radius 2 is 2.10 bits per heavy atom. The van der Waals surface area contributed by atoms with E-state index in [4.69, 9.17) is 4.98 Å². The van der Waals surface area contributed by atoms with E-state index >= 15 is 0 Å². The number of aryl methyl sites for hydroxylation is 1. The third kappa shape index (κ3) is 4.07. The Kier molecular flexibility index (Phi) is 5.45. The van der Waals surface area contributed by atoms with Crippen molar-refractivity contribution in [3.63, 3.8) is 0 Å². The maximum atomic E-state index is 11.7. The fraction of sp³-hybridized carbons (Fsp3) is 0.348. The first kappa shape index (κ1) is 19.3. The number of hydrogen-bond acceptors (Lipinski definition) is 5. The van der Waals surface area contributed by atoms with Crippen molar-refractivity contribution >= 4 is 12.0 Å². The van der Waals surface area contributed by atoms with E-state index in [2.05, 4.69) is 34.4 Å². The summed E-state index contributed by atoms with van der Waals surface area (Å²) < 4.78 is 1.76. The van der Waals surface area contributed by atoms with Crippen molar-refractivity contribution in [3.05, 3.63) is 71.7 Å². The molecule has 3 heterocycles. The second-order valence-electron chi connectivity index (χ2n) is 7.85. The third-order valence-corrected chi connectivity index (χ3v) is 5.67. The molecule has 0 aliphatic carbocycles. The minimum absolute atomic E-state index is 0.241. The van der Waals surface area contributed by atoms with Gasteiger partial charge >= 0.3 is 0 Å². The van der Waals surface area contributed by atoms with Crippen molar-refractivity contribution in [2.45, 2.75) is 45.3 Å². The summed E-state index contributed by atoms with van der Waals surface area (Å²) in [4.78, 5) is 18.8. The quantitative estimate of drug-likeness (QED) is 0.648. The number of anilines is 1. The molecule has 4 rings (SSSR count). The summed E-state index contributed by atoms with van der Waals surface area (Å²) in [7, 11) is 0. The predicted molar refractivity (Wildman–Crippen MR) is 114 cm³/mol. The topological polar surface area (TPSA) is 63.1 Å². The summed E-state index contributed by atoms with van der Waals surface area (Å²) in [5, 5.41) is 7.98. The highest BCUT2D eigenvalue weighted by Gasteiger charge is 2.35. The molecule has 1 atom stereocenters. The molecule has 0 spiro atoms. The van der Waals surface area contributed by atoms with Crippen molar-refractivity contribution in [1.29, 1.82) is 0 Å². The van der Waals surface area contributed by atoms with Gasteiger partial charge in [-0.1, -0.05) is 17.7 Å². The molecule has 29 heavy (non-hydrogen) atoms. The fourth-order valence-corrected chi connectivity index (χ4v) is 4.08. The molecule has 1 saturated heterocycles. The predicted octanol–water partition coefficient (Wildman–Crippen LogP) is 3.88. The highest BCUT2D eigenvalue weighted by atomic mass is 16.1. The Labute approximate surface area is 171 Å². The van der Waals surface area contributed by atoms with E-state index in [0.29, 0.717) is 6.54 Å². The lowest BCUT2D eigenvalue weighted by atomic mass is 9.94. The van der Waals surface area contributed by atoms with Gasteiger partial charge in [0, 0.05) is 36.7 Å². The van der Waals surface area contributed by atoms with Crippen molar-refractivity contribution in [1.82, 2.24) is 20.1 Å². The van der Waals surface area contributed by atoms with Crippen LogP contribution in [-0.2, 0) is 6.54 Å². The van der Waals surface area contributed by atoms with E-state index in [1.54, 1.807) is 10.9 Å². The van der Waals surface area contributed by atoms with Crippen LogP contribution in [0.5, 0.6) is 0 Å². The van der Waals surface area contributed by atoms with Gasteiger partial charge in [-0.25, -0.2) is 9.67 Å². The van der Waals surface area contributed by atoms with Crippen molar-refractivity contribution in [2.75, 3.05) is 11.4 Å². The first-order valence-corrected chi connectivity index (χ1v) is 10.1. The number of pyridine rings is 1. The number of nitrogens with zero attached hydrogens (tertiary/aromatic N) is 4. The number of carbonyl (C=O) groups is 1. The van der Waals surface area contributed by atoms with E-state index in [1.807, 2.05) is 43.5 Å². The molecule has 1 aliphatic rings. The van der Waals surface area contributed by atoms with E-state index < -0.39 is 0 Å². The molecule has 6 nitrogen and oxygen atoms in total. The number of aromatic nitrogens is 3. The Morgan fingerprint density at radius 3 is 2.90 bits per heavy atom. The largest absolute Gasteiger partial charge is 0.353 e. The molecule has 1 N–H and O–H groups in total. The zero-order valence-electron chi connectivity index (χ0n) is 17.0. The van der Waals surface area contributed by atoms with Gasteiger partial charge in [0.1, 0.15) is 0 Å². The zero-order valence-corrected chi connectivity index (χ0v) is 17.0. The number of piperidine rings is 1. The molecule has 0 saturated carbocycles. The number of hydrogen-bond donors (Lipinski definition) is 1. The smallest absolute Gasteiger partial charge is 0.153 e. The van der Waals surface area contributed by atoms with Gasteiger partial charge in [-0.05, 0) is 63.4 Å². The van der Waals surface area contributed by atoms with Gasteiger partial charge in [-0.3, -0.25) is 10.1 Å². The van der Waals surface area contributed by atoms with Gasteiger partial charge in [0.05, 0.1) is 11.4 Å². The molecule has 1 aliphatic heterocycles. The third-order valence-electron chi connectivity index (χ3n) is 5.67. The Morgan fingerprint density at radius 1 is 1.21 bits per heavy atom. The summed E-state index contributed by atoms with van der Waals surface area (Å²) in [5.74, 6) is 0.807. The molecule has 1 aromatic carbocycles. The lowest BCUT2D eigenvalue weighted by molar-refractivity contribution is 0.112. The number of rotatable bonds is 6. The monoisotopic (exact) mass is 389 g/mol. The second kappa shape index (κ2) is 8.17. The first-order chi connectivity index (χ1) is 14.1. The molecule has 1 unspecified atom stereocenters. The van der Waals surface area contributed by atoms with Crippen LogP contribution in [0.4, 0.5) is 5.69 Å². The number of aldehydes is 1. The molecule has 0 bridgehead atoms. The normalized spacial score (nSPS) is 19.3. The van der Waals surface area contributed by atoms with Crippen LogP contribution in [0.15, 0.2) is 54.9 Å². The standard InChI is InChI=1S/C23H27N5O/c1-18-9-10-21(19(15-18)17-29)27-13-4-3-11-23(27,2)24-16-20-7-5-8-22(26-20)28-14-6-12-25-28/h5-10,12,14-15,17,24H,3-4,11,13,16H2,1-2H3. The fourth-order valence-electron chi connectivity index (χ4n) is 4.08. The molecular weight excluding hydrogens is 362 g/mol. The van der Waals surface area contributed by atoms with Crippen LogP contribution in [0.1, 0.15) is 47.8 Å². The highest BCUT2D eigenvalue weighted by Crippen LogP contribution is 2.33. The van der Waals surface area contributed by atoms with Crippen LogP contribution in [-0.4, -0.2) is 33.3 Å². The van der Waals surface area contributed by atoms with Gasteiger partial charge in [0.15, 0.2) is 12.1 Å². The zero-order chi connectivity index (χ0) is 20.3. The van der Waals surface area contributed by atoms with Crippen molar-refractivity contribution in [3.8, 4) is 5.82 Å². The highest BCUT2D eigenvalue weighted by molar-refractivity contribution is 5.85. The van der Waals surface area contributed by atoms with Crippen LogP contribution in [0.25, 0.3) is 5.82 Å². The van der Waals surface area contributed by atoms with Crippen molar-refractivity contribution in [2.24, 2.45) is 0 Å².